The summed E-state index contributed by atoms with van der Waals surface area (Å²) in [5, 5.41) is 9.59. The van der Waals surface area contributed by atoms with Gasteiger partial charge >= 0.3 is 17.9 Å². The molecular formula is C43H76NO7+. The van der Waals surface area contributed by atoms with Gasteiger partial charge in [0.05, 0.1) is 34.4 Å². The lowest BCUT2D eigenvalue weighted by Gasteiger charge is -2.31. The average Bonchev–Trinajstić information content (AvgIpc) is 3.08. The predicted molar refractivity (Wildman–Crippen MR) is 211 cm³/mol. The van der Waals surface area contributed by atoms with Gasteiger partial charge in [-0.05, 0) is 57.8 Å². The third kappa shape index (κ3) is 32.9. The first-order valence-corrected chi connectivity index (χ1v) is 20.2. The molecule has 8 nitrogen and oxygen atoms in total. The molecule has 2 atom stereocenters. The van der Waals surface area contributed by atoms with Gasteiger partial charge in [0.1, 0.15) is 6.61 Å². The Hall–Kier alpha value is -2.71. The zero-order valence-corrected chi connectivity index (χ0v) is 33.3. The summed E-state index contributed by atoms with van der Waals surface area (Å²) >= 11 is 0. The summed E-state index contributed by atoms with van der Waals surface area (Å²) in [5.41, 5.74) is 0. The maximum absolute atomic E-state index is 12.7. The minimum absolute atomic E-state index is 0.0398. The number of carboxylic acids is 1. The van der Waals surface area contributed by atoms with Crippen LogP contribution in [-0.4, -0.2) is 80.6 Å². The van der Waals surface area contributed by atoms with Crippen molar-refractivity contribution < 1.29 is 38.2 Å². The zero-order chi connectivity index (χ0) is 37.8. The number of esters is 2. The second-order valence-corrected chi connectivity index (χ2v) is 14.5. The number of nitrogens with zero attached hydrogens (tertiary/aromatic N) is 1. The second kappa shape index (κ2) is 34.4. The molecule has 0 aliphatic heterocycles. The van der Waals surface area contributed by atoms with Crippen molar-refractivity contribution in [2.45, 2.75) is 167 Å². The largest absolute Gasteiger partial charge is 0.477 e. The number of carbonyl (C=O) groups is 3. The van der Waals surface area contributed by atoms with Crippen LogP contribution in [0.3, 0.4) is 0 Å². The van der Waals surface area contributed by atoms with E-state index in [1.165, 1.54) is 64.2 Å². The Morgan fingerprint density at radius 2 is 1.14 bits per heavy atom. The SMILES string of the molecule is CC/C=C/C/C=C/CCCCCCCCCC(=O)OC(COCCC(C(=O)O)[N+](C)(C)C)COC(=O)CC/C=C/C/C=C/CCCCCCCC. The fraction of sp³-hybridized carbons (Fsp3) is 0.744. The lowest BCUT2D eigenvalue weighted by molar-refractivity contribution is -0.887. The van der Waals surface area contributed by atoms with Crippen molar-refractivity contribution in [3.05, 3.63) is 48.6 Å². The molecule has 0 aliphatic carbocycles. The number of likely N-dealkylation sites (N-methyl/N-ethyl adjacent to an activating group) is 1. The van der Waals surface area contributed by atoms with E-state index in [2.05, 4.69) is 56.4 Å². The minimum Gasteiger partial charge on any atom is -0.477 e. The molecule has 8 heteroatoms. The Balaban J connectivity index is 4.49. The van der Waals surface area contributed by atoms with E-state index in [4.69, 9.17) is 14.2 Å². The van der Waals surface area contributed by atoms with Crippen molar-refractivity contribution in [2.24, 2.45) is 0 Å². The predicted octanol–water partition coefficient (Wildman–Crippen LogP) is 10.5. The van der Waals surface area contributed by atoms with Gasteiger partial charge < -0.3 is 23.8 Å². The minimum atomic E-state index is -0.885. The van der Waals surface area contributed by atoms with Crippen LogP contribution in [-0.2, 0) is 28.6 Å². The highest BCUT2D eigenvalue weighted by atomic mass is 16.6. The number of unbranched alkanes of at least 4 members (excludes halogenated alkanes) is 13. The Morgan fingerprint density at radius 3 is 1.69 bits per heavy atom. The van der Waals surface area contributed by atoms with Crippen LogP contribution >= 0.6 is 0 Å². The number of carboxylic acid groups (broad SMARTS) is 1. The van der Waals surface area contributed by atoms with Crippen LogP contribution in [0.4, 0.5) is 0 Å². The van der Waals surface area contributed by atoms with Gasteiger partial charge in [0, 0.05) is 19.3 Å². The van der Waals surface area contributed by atoms with Gasteiger partial charge in [-0.25, -0.2) is 4.79 Å². The third-order valence-electron chi connectivity index (χ3n) is 8.73. The number of allylic oxidation sites excluding steroid dienone is 8. The maximum atomic E-state index is 12.7. The van der Waals surface area contributed by atoms with Crippen molar-refractivity contribution >= 4 is 17.9 Å². The van der Waals surface area contributed by atoms with Crippen LogP contribution in [0.2, 0.25) is 0 Å². The molecule has 0 bridgehead atoms. The van der Waals surface area contributed by atoms with E-state index in [0.717, 1.165) is 51.4 Å². The summed E-state index contributed by atoms with van der Waals surface area (Å²) < 4.78 is 17.1. The Morgan fingerprint density at radius 1 is 0.608 bits per heavy atom. The topological polar surface area (TPSA) is 99.1 Å². The Bertz CT molecular complexity index is 979. The number of rotatable bonds is 35. The summed E-state index contributed by atoms with van der Waals surface area (Å²) in [7, 11) is 5.50. The highest BCUT2D eigenvalue weighted by Crippen LogP contribution is 2.13. The molecule has 294 valence electrons. The molecule has 0 fully saturated rings. The lowest BCUT2D eigenvalue weighted by Crippen LogP contribution is -2.50. The smallest absolute Gasteiger partial charge is 0.362 e. The number of hydrogen-bond donors (Lipinski definition) is 1. The summed E-state index contributed by atoms with van der Waals surface area (Å²) in [6.07, 6.45) is 38.8. The molecule has 0 heterocycles. The quantitative estimate of drug-likeness (QED) is 0.0301. The molecule has 0 saturated heterocycles. The molecule has 0 aromatic rings. The second-order valence-electron chi connectivity index (χ2n) is 14.5. The number of hydrogen-bond acceptors (Lipinski definition) is 6. The van der Waals surface area contributed by atoms with Gasteiger partial charge in [-0.15, -0.1) is 0 Å². The number of aliphatic carboxylic acids is 1. The van der Waals surface area contributed by atoms with Gasteiger partial charge in [0.25, 0.3) is 0 Å². The highest BCUT2D eigenvalue weighted by molar-refractivity contribution is 5.72. The van der Waals surface area contributed by atoms with Crippen LogP contribution in [0.15, 0.2) is 48.6 Å². The van der Waals surface area contributed by atoms with E-state index in [0.29, 0.717) is 19.3 Å². The molecule has 0 saturated carbocycles. The van der Waals surface area contributed by atoms with Gasteiger partial charge in [0.2, 0.25) is 0 Å². The zero-order valence-electron chi connectivity index (χ0n) is 33.3. The first kappa shape index (κ1) is 48.3. The molecular weight excluding hydrogens is 642 g/mol. The van der Waals surface area contributed by atoms with Gasteiger partial charge in [-0.2, -0.15) is 0 Å². The van der Waals surface area contributed by atoms with Crippen LogP contribution in [0.1, 0.15) is 155 Å². The van der Waals surface area contributed by atoms with E-state index in [1.807, 2.05) is 27.2 Å². The van der Waals surface area contributed by atoms with E-state index >= 15 is 0 Å². The first-order valence-electron chi connectivity index (χ1n) is 20.2. The normalized spacial score (nSPS) is 13.5. The van der Waals surface area contributed by atoms with Gasteiger partial charge in [-0.3, -0.25) is 9.59 Å². The lowest BCUT2D eigenvalue weighted by atomic mass is 10.1. The molecule has 0 spiro atoms. The van der Waals surface area contributed by atoms with Crippen LogP contribution in [0, 0.1) is 0 Å². The van der Waals surface area contributed by atoms with E-state index in [1.54, 1.807) is 0 Å². The fourth-order valence-corrected chi connectivity index (χ4v) is 5.59. The summed E-state index contributed by atoms with van der Waals surface area (Å²) in [6.45, 7) is 4.53. The summed E-state index contributed by atoms with van der Waals surface area (Å²) in [6, 6.07) is -0.623. The Labute approximate surface area is 312 Å². The van der Waals surface area contributed by atoms with Crippen molar-refractivity contribution in [2.75, 3.05) is 41.0 Å². The molecule has 0 amide bonds. The van der Waals surface area contributed by atoms with E-state index in [9.17, 15) is 19.5 Å². The van der Waals surface area contributed by atoms with Crippen molar-refractivity contribution in [3.63, 3.8) is 0 Å². The third-order valence-corrected chi connectivity index (χ3v) is 8.73. The molecule has 2 unspecified atom stereocenters. The molecule has 0 radical (unpaired) electrons. The number of carbonyl (C=O) groups excluding carboxylic acids is 2. The number of ether oxygens (including phenoxy) is 3. The molecule has 0 aliphatic rings. The molecule has 0 aromatic heterocycles. The fourth-order valence-electron chi connectivity index (χ4n) is 5.59. The van der Waals surface area contributed by atoms with E-state index in [-0.39, 0.29) is 42.7 Å². The monoisotopic (exact) mass is 719 g/mol. The summed E-state index contributed by atoms with van der Waals surface area (Å²) in [5.74, 6) is -1.57. The maximum Gasteiger partial charge on any atom is 0.362 e. The van der Waals surface area contributed by atoms with Crippen LogP contribution in [0.25, 0.3) is 0 Å². The number of quaternary nitrogens is 1. The summed E-state index contributed by atoms with van der Waals surface area (Å²) in [4.78, 5) is 36.8. The van der Waals surface area contributed by atoms with Crippen molar-refractivity contribution in [1.82, 2.24) is 0 Å². The molecule has 0 rings (SSSR count). The van der Waals surface area contributed by atoms with Gasteiger partial charge in [-0.1, -0.05) is 127 Å². The van der Waals surface area contributed by atoms with E-state index < -0.39 is 18.1 Å². The van der Waals surface area contributed by atoms with Crippen molar-refractivity contribution in [1.29, 1.82) is 0 Å². The standard InChI is InChI=1S/C43H75NO7/c1-6-8-10-12-14-16-18-20-22-24-26-28-30-32-34-42(46)51-39(37-49-36-35-40(43(47)48)44(3,4)5)38-50-41(45)33-31-29-27-25-23-21-19-17-15-13-11-9-7-2/h8,10,14,16,21,23,27,29,39-40H,6-7,9,11-13,15,17-20,22,24-26,28,30-38H2,1-5H3/p+1/b10-8+,16-14+,23-21+,29-27+. The highest BCUT2D eigenvalue weighted by Gasteiger charge is 2.31. The van der Waals surface area contributed by atoms with Crippen LogP contribution in [0.5, 0.6) is 0 Å². The molecule has 1 N–H and O–H groups in total. The van der Waals surface area contributed by atoms with Crippen LogP contribution < -0.4 is 0 Å². The molecule has 51 heavy (non-hydrogen) atoms. The first-order chi connectivity index (χ1) is 24.6. The molecule has 0 aromatic carbocycles. The Kier molecular flexibility index (Phi) is 32.6. The average molecular weight is 719 g/mol. The van der Waals surface area contributed by atoms with Crippen molar-refractivity contribution in [3.8, 4) is 0 Å². The van der Waals surface area contributed by atoms with Gasteiger partial charge in [0.15, 0.2) is 12.1 Å².